The van der Waals surface area contributed by atoms with Crippen LogP contribution in [0.15, 0.2) is 42.7 Å². The lowest BCUT2D eigenvalue weighted by Crippen LogP contribution is -3.00. The summed E-state index contributed by atoms with van der Waals surface area (Å²) >= 11 is 12.0. The zero-order valence-corrected chi connectivity index (χ0v) is 12.7. The number of hydrogen-bond acceptors (Lipinski definition) is 2. The molecule has 7 heteroatoms. The molecule has 2 aromatic rings. The van der Waals surface area contributed by atoms with Crippen LogP contribution in [-0.4, -0.2) is 13.0 Å². The molecule has 1 amide bonds. The Morgan fingerprint density at radius 2 is 1.75 bits per heavy atom. The molecule has 1 heterocycles. The first-order valence-electron chi connectivity index (χ1n) is 5.43. The Labute approximate surface area is 132 Å². The number of carbonyl (C=O) groups excluding carboxylic acids is 1. The SMILES string of the molecule is COc1c(Cl)ccc(Cl)c1C(=O)N[n+]1ccccc1.[Cl-]. The average Bonchev–Trinajstić information content (AvgIpc) is 2.42. The number of nitrogens with one attached hydrogen (secondary N) is 1. The molecule has 0 aliphatic carbocycles. The number of amides is 1. The van der Waals surface area contributed by atoms with Gasteiger partial charge in [0.15, 0.2) is 18.1 Å². The van der Waals surface area contributed by atoms with Gasteiger partial charge in [0.05, 0.1) is 17.2 Å². The molecule has 4 nitrogen and oxygen atoms in total. The standard InChI is InChI=1S/C13H10Cl2N2O2.ClH/c1-19-12-10(15)6-5-9(14)11(12)13(18)16-17-7-3-2-4-8-17;/h2-8H,1H3;1H. The summed E-state index contributed by atoms with van der Waals surface area (Å²) < 4.78 is 6.64. The third-order valence-corrected chi connectivity index (χ3v) is 3.05. The Kier molecular flexibility index (Phi) is 6.07. The summed E-state index contributed by atoms with van der Waals surface area (Å²) in [4.78, 5) is 12.2. The first kappa shape index (κ1) is 16.6. The van der Waals surface area contributed by atoms with E-state index in [0.29, 0.717) is 5.02 Å². The fourth-order valence-electron chi connectivity index (χ4n) is 1.59. The topological polar surface area (TPSA) is 42.2 Å². The summed E-state index contributed by atoms with van der Waals surface area (Å²) in [5.41, 5.74) is 2.86. The third-order valence-electron chi connectivity index (χ3n) is 2.44. The minimum Gasteiger partial charge on any atom is -1.00 e. The number of benzene rings is 1. The van der Waals surface area contributed by atoms with Crippen LogP contribution >= 0.6 is 23.2 Å². The minimum absolute atomic E-state index is 0. The highest BCUT2D eigenvalue weighted by Gasteiger charge is 2.21. The fourth-order valence-corrected chi connectivity index (χ4v) is 2.06. The number of carbonyl (C=O) groups is 1. The summed E-state index contributed by atoms with van der Waals surface area (Å²) in [6.07, 6.45) is 3.39. The maximum absolute atomic E-state index is 12.2. The number of ether oxygens (including phenoxy) is 1. The highest BCUT2D eigenvalue weighted by atomic mass is 35.5. The van der Waals surface area contributed by atoms with E-state index >= 15 is 0 Å². The lowest BCUT2D eigenvalue weighted by Gasteiger charge is -2.10. The van der Waals surface area contributed by atoms with Gasteiger partial charge in [-0.05, 0) is 12.1 Å². The van der Waals surface area contributed by atoms with E-state index in [-0.39, 0.29) is 28.7 Å². The summed E-state index contributed by atoms with van der Waals surface area (Å²) in [6.45, 7) is 0. The van der Waals surface area contributed by atoms with Gasteiger partial charge in [-0.1, -0.05) is 33.9 Å². The Morgan fingerprint density at radius 3 is 2.35 bits per heavy atom. The Hall–Kier alpha value is -1.49. The van der Waals surface area contributed by atoms with Gasteiger partial charge >= 0.3 is 5.91 Å². The van der Waals surface area contributed by atoms with Crippen molar-refractivity contribution in [2.75, 3.05) is 12.5 Å². The molecular formula is C13H11Cl3N2O2. The van der Waals surface area contributed by atoms with E-state index < -0.39 is 5.91 Å². The van der Waals surface area contributed by atoms with E-state index in [0.717, 1.165) is 0 Å². The number of hydrogen-bond donors (Lipinski definition) is 1. The van der Waals surface area contributed by atoms with Crippen molar-refractivity contribution < 1.29 is 26.6 Å². The average molecular weight is 334 g/mol. The van der Waals surface area contributed by atoms with Crippen molar-refractivity contribution >= 4 is 29.1 Å². The normalized spacial score (nSPS) is 9.55. The summed E-state index contributed by atoms with van der Waals surface area (Å²) in [6, 6.07) is 8.55. The van der Waals surface area contributed by atoms with Crippen molar-refractivity contribution in [1.29, 1.82) is 0 Å². The smallest absolute Gasteiger partial charge is 0.310 e. The van der Waals surface area contributed by atoms with Gasteiger partial charge in [-0.25, -0.2) is 0 Å². The van der Waals surface area contributed by atoms with Crippen LogP contribution in [-0.2, 0) is 0 Å². The van der Waals surface area contributed by atoms with Gasteiger partial charge in [-0.15, -0.1) is 5.43 Å². The Bertz CT molecular complexity index is 606. The minimum atomic E-state index is -0.402. The first-order chi connectivity index (χ1) is 9.13. The van der Waals surface area contributed by atoms with Gasteiger partial charge in [-0.2, -0.15) is 0 Å². The zero-order valence-electron chi connectivity index (χ0n) is 10.4. The quantitative estimate of drug-likeness (QED) is 0.782. The van der Waals surface area contributed by atoms with Crippen molar-refractivity contribution in [3.8, 4) is 5.75 Å². The molecule has 20 heavy (non-hydrogen) atoms. The second-order valence-corrected chi connectivity index (χ2v) is 4.48. The van der Waals surface area contributed by atoms with Crippen molar-refractivity contribution in [2.45, 2.75) is 0 Å². The van der Waals surface area contributed by atoms with Gasteiger partial charge < -0.3 is 17.1 Å². The molecule has 0 unspecified atom stereocenters. The summed E-state index contributed by atoms with van der Waals surface area (Å²) in [5.74, 6) is -0.149. The molecule has 1 aromatic heterocycles. The van der Waals surface area contributed by atoms with Crippen molar-refractivity contribution in [3.05, 3.63) is 58.3 Å². The monoisotopic (exact) mass is 332 g/mol. The summed E-state index contributed by atoms with van der Waals surface area (Å²) in [7, 11) is 1.43. The van der Waals surface area contributed by atoms with E-state index in [1.54, 1.807) is 36.7 Å². The molecule has 1 N–H and O–H groups in total. The highest BCUT2D eigenvalue weighted by Crippen LogP contribution is 2.33. The van der Waals surface area contributed by atoms with Crippen LogP contribution in [0.2, 0.25) is 10.0 Å². The fraction of sp³-hybridized carbons (Fsp3) is 0.0769. The van der Waals surface area contributed by atoms with E-state index in [1.165, 1.54) is 11.8 Å². The van der Waals surface area contributed by atoms with Crippen molar-refractivity contribution in [2.24, 2.45) is 0 Å². The number of nitrogens with zero attached hydrogens (tertiary/aromatic N) is 1. The molecule has 0 aliphatic rings. The van der Waals surface area contributed by atoms with Gasteiger partial charge in [0, 0.05) is 12.1 Å². The predicted molar refractivity (Wildman–Crippen MR) is 73.3 cm³/mol. The van der Waals surface area contributed by atoms with Crippen molar-refractivity contribution in [3.63, 3.8) is 0 Å². The maximum atomic E-state index is 12.2. The lowest BCUT2D eigenvalue weighted by molar-refractivity contribution is -0.641. The maximum Gasteiger partial charge on any atom is 0.310 e. The summed E-state index contributed by atoms with van der Waals surface area (Å²) in [5, 5.41) is 0.602. The second kappa shape index (κ2) is 7.33. The van der Waals surface area contributed by atoms with Crippen LogP contribution in [0.3, 0.4) is 0 Å². The molecule has 0 saturated heterocycles. The van der Waals surface area contributed by atoms with Gasteiger partial charge in [0.25, 0.3) is 0 Å². The Morgan fingerprint density at radius 1 is 1.15 bits per heavy atom. The molecule has 0 fully saturated rings. The van der Waals surface area contributed by atoms with Crippen LogP contribution in [0.1, 0.15) is 10.4 Å². The second-order valence-electron chi connectivity index (χ2n) is 3.66. The number of methoxy groups -OCH3 is 1. The first-order valence-corrected chi connectivity index (χ1v) is 6.18. The molecule has 0 bridgehead atoms. The van der Waals surface area contributed by atoms with Gasteiger partial charge in [0.1, 0.15) is 5.56 Å². The van der Waals surface area contributed by atoms with Crippen LogP contribution in [0.5, 0.6) is 5.75 Å². The van der Waals surface area contributed by atoms with E-state index in [1.807, 2.05) is 6.07 Å². The largest absolute Gasteiger partial charge is 1.00 e. The zero-order chi connectivity index (χ0) is 13.8. The van der Waals surface area contributed by atoms with Crippen LogP contribution < -0.4 is 27.2 Å². The van der Waals surface area contributed by atoms with E-state index in [2.05, 4.69) is 5.43 Å². The van der Waals surface area contributed by atoms with Crippen molar-refractivity contribution in [1.82, 2.24) is 0 Å². The third kappa shape index (κ3) is 3.54. The number of aromatic nitrogens is 1. The number of halogens is 3. The molecule has 0 spiro atoms. The van der Waals surface area contributed by atoms with Crippen LogP contribution in [0, 0.1) is 0 Å². The molecule has 0 saturated carbocycles. The van der Waals surface area contributed by atoms with Crippen LogP contribution in [0.4, 0.5) is 0 Å². The molecule has 1 aromatic carbocycles. The molecular weight excluding hydrogens is 323 g/mol. The predicted octanol–water partition coefficient (Wildman–Crippen LogP) is -0.323. The number of pyridine rings is 1. The molecule has 0 radical (unpaired) electrons. The molecule has 2 rings (SSSR count). The highest BCUT2D eigenvalue weighted by molar-refractivity contribution is 6.37. The molecule has 0 atom stereocenters. The van der Waals surface area contributed by atoms with Gasteiger partial charge in [0.2, 0.25) is 0 Å². The lowest BCUT2D eigenvalue weighted by atomic mass is 10.2. The molecule has 106 valence electrons. The van der Waals surface area contributed by atoms with E-state index in [4.69, 9.17) is 27.9 Å². The van der Waals surface area contributed by atoms with E-state index in [9.17, 15) is 4.79 Å². The van der Waals surface area contributed by atoms with Crippen LogP contribution in [0.25, 0.3) is 0 Å². The Balaban J connectivity index is 0.00000200. The number of rotatable bonds is 3. The molecule has 0 aliphatic heterocycles. The van der Waals surface area contributed by atoms with Gasteiger partial charge in [-0.3, -0.25) is 4.79 Å².